The molecule has 2 aliphatic rings. The van der Waals surface area contributed by atoms with Crippen LogP contribution in [0, 0.1) is 17.3 Å². The highest BCUT2D eigenvalue weighted by atomic mass is 16.5. The Balaban J connectivity index is 1.48. The molecule has 1 N–H and O–H groups in total. The van der Waals surface area contributed by atoms with Crippen LogP contribution in [0.2, 0.25) is 0 Å². The second-order valence-electron chi connectivity index (χ2n) is 10.4. The van der Waals surface area contributed by atoms with E-state index in [2.05, 4.69) is 26.1 Å². The molecule has 2 amide bonds. The van der Waals surface area contributed by atoms with Crippen molar-refractivity contribution in [1.82, 2.24) is 10.2 Å². The van der Waals surface area contributed by atoms with Crippen molar-refractivity contribution in [2.24, 2.45) is 17.3 Å². The third-order valence-corrected chi connectivity index (χ3v) is 6.35. The first kappa shape index (κ1) is 22.8. The Morgan fingerprint density at radius 1 is 1.07 bits per heavy atom. The summed E-state index contributed by atoms with van der Waals surface area (Å²) < 4.78 is 5.71. The average Bonchev–Trinajstić information content (AvgIpc) is 2.63. The Labute approximate surface area is 181 Å². The Morgan fingerprint density at radius 3 is 2.30 bits per heavy atom. The molecule has 5 nitrogen and oxygen atoms in total. The largest absolute Gasteiger partial charge is 0.372 e. The molecule has 1 aromatic rings. The summed E-state index contributed by atoms with van der Waals surface area (Å²) in [6.45, 7) is 12.7. The number of nitrogens with zero attached hydrogens (tertiary/aromatic N) is 1. The highest BCUT2D eigenvalue weighted by Gasteiger charge is 2.32. The molecule has 1 heterocycles. The maximum Gasteiger partial charge on any atom is 0.254 e. The SMILES string of the molecule is CC1CC(CC(=O)NCc2ccc(C(=O)N3CC(C)OC(C)C3)cc2)CC(C)(C)C1. The van der Waals surface area contributed by atoms with Gasteiger partial charge in [0.05, 0.1) is 12.2 Å². The van der Waals surface area contributed by atoms with E-state index < -0.39 is 0 Å². The van der Waals surface area contributed by atoms with Crippen LogP contribution in [0.25, 0.3) is 0 Å². The summed E-state index contributed by atoms with van der Waals surface area (Å²) in [5.74, 6) is 1.33. The van der Waals surface area contributed by atoms with Crippen LogP contribution >= 0.6 is 0 Å². The van der Waals surface area contributed by atoms with Gasteiger partial charge in [-0.15, -0.1) is 0 Å². The van der Waals surface area contributed by atoms with Gasteiger partial charge in [0, 0.05) is 31.6 Å². The second kappa shape index (κ2) is 9.51. The van der Waals surface area contributed by atoms with Crippen molar-refractivity contribution in [3.63, 3.8) is 0 Å². The van der Waals surface area contributed by atoms with Crippen molar-refractivity contribution in [3.8, 4) is 0 Å². The van der Waals surface area contributed by atoms with Crippen LogP contribution in [0.4, 0.5) is 0 Å². The molecule has 2 fully saturated rings. The normalized spacial score (nSPS) is 28.8. The molecule has 1 aliphatic heterocycles. The van der Waals surface area contributed by atoms with Crippen molar-refractivity contribution in [1.29, 1.82) is 0 Å². The molecule has 0 bridgehead atoms. The molecule has 0 radical (unpaired) electrons. The molecule has 166 valence electrons. The second-order valence-corrected chi connectivity index (χ2v) is 10.4. The van der Waals surface area contributed by atoms with Crippen LogP contribution in [0.5, 0.6) is 0 Å². The minimum atomic E-state index is 0.0432. The molecule has 1 saturated heterocycles. The van der Waals surface area contributed by atoms with Gasteiger partial charge in [-0.1, -0.05) is 32.9 Å². The molecule has 0 spiro atoms. The number of carbonyl (C=O) groups is 2. The van der Waals surface area contributed by atoms with Gasteiger partial charge < -0.3 is 15.0 Å². The molecule has 1 saturated carbocycles. The number of hydrogen-bond acceptors (Lipinski definition) is 3. The van der Waals surface area contributed by atoms with Gasteiger partial charge >= 0.3 is 0 Å². The van der Waals surface area contributed by atoms with Crippen LogP contribution in [-0.4, -0.2) is 42.0 Å². The number of carbonyl (C=O) groups excluding carboxylic acids is 2. The molecule has 1 aliphatic carbocycles. The number of rotatable bonds is 5. The van der Waals surface area contributed by atoms with E-state index in [1.165, 1.54) is 6.42 Å². The first-order valence-electron chi connectivity index (χ1n) is 11.4. The zero-order valence-corrected chi connectivity index (χ0v) is 19.2. The molecule has 5 heteroatoms. The number of amides is 2. The Kier molecular flexibility index (Phi) is 7.22. The fraction of sp³-hybridized carbons (Fsp3) is 0.680. The first-order valence-corrected chi connectivity index (χ1v) is 11.4. The minimum Gasteiger partial charge on any atom is -0.372 e. The predicted octanol–water partition coefficient (Wildman–Crippen LogP) is 4.40. The van der Waals surface area contributed by atoms with Crippen LogP contribution in [0.1, 0.15) is 76.2 Å². The van der Waals surface area contributed by atoms with Crippen molar-refractivity contribution >= 4 is 11.8 Å². The molecule has 3 rings (SSSR count). The van der Waals surface area contributed by atoms with E-state index in [0.717, 1.165) is 18.4 Å². The highest BCUT2D eigenvalue weighted by molar-refractivity contribution is 5.94. The molecular formula is C25H38N2O3. The van der Waals surface area contributed by atoms with Crippen LogP contribution < -0.4 is 5.32 Å². The molecule has 4 unspecified atom stereocenters. The molecule has 1 aromatic carbocycles. The van der Waals surface area contributed by atoms with Gasteiger partial charge in [-0.25, -0.2) is 0 Å². The maximum absolute atomic E-state index is 12.8. The summed E-state index contributed by atoms with van der Waals surface area (Å²) in [6, 6.07) is 7.60. The third-order valence-electron chi connectivity index (χ3n) is 6.35. The fourth-order valence-corrected chi connectivity index (χ4v) is 5.53. The summed E-state index contributed by atoms with van der Waals surface area (Å²) in [6.07, 6.45) is 4.25. The summed E-state index contributed by atoms with van der Waals surface area (Å²) in [5, 5.41) is 3.06. The van der Waals surface area contributed by atoms with E-state index >= 15 is 0 Å². The van der Waals surface area contributed by atoms with Crippen molar-refractivity contribution in [2.45, 2.75) is 79.1 Å². The van der Waals surface area contributed by atoms with Gasteiger partial charge in [-0.05, 0) is 68.1 Å². The van der Waals surface area contributed by atoms with E-state index in [9.17, 15) is 9.59 Å². The third kappa shape index (κ3) is 6.31. The fourth-order valence-electron chi connectivity index (χ4n) is 5.53. The lowest BCUT2D eigenvalue weighted by molar-refractivity contribution is -0.122. The lowest BCUT2D eigenvalue weighted by Gasteiger charge is -2.38. The lowest BCUT2D eigenvalue weighted by Crippen LogP contribution is -2.48. The van der Waals surface area contributed by atoms with Gasteiger partial charge in [0.2, 0.25) is 5.91 Å². The highest BCUT2D eigenvalue weighted by Crippen LogP contribution is 2.42. The van der Waals surface area contributed by atoms with E-state index in [1.54, 1.807) is 0 Å². The zero-order chi connectivity index (χ0) is 21.9. The van der Waals surface area contributed by atoms with Crippen molar-refractivity contribution < 1.29 is 14.3 Å². The van der Waals surface area contributed by atoms with E-state index in [1.807, 2.05) is 43.0 Å². The molecule has 30 heavy (non-hydrogen) atoms. The zero-order valence-electron chi connectivity index (χ0n) is 19.2. The van der Waals surface area contributed by atoms with Gasteiger partial charge in [-0.2, -0.15) is 0 Å². The summed E-state index contributed by atoms with van der Waals surface area (Å²) >= 11 is 0. The first-order chi connectivity index (χ1) is 14.1. The lowest BCUT2D eigenvalue weighted by atomic mass is 9.67. The molecule has 4 atom stereocenters. The predicted molar refractivity (Wildman–Crippen MR) is 119 cm³/mol. The maximum atomic E-state index is 12.8. The average molecular weight is 415 g/mol. The number of benzene rings is 1. The van der Waals surface area contributed by atoms with E-state index in [0.29, 0.717) is 48.9 Å². The van der Waals surface area contributed by atoms with Gasteiger partial charge in [0.25, 0.3) is 5.91 Å². The number of ether oxygens (including phenoxy) is 1. The topological polar surface area (TPSA) is 58.6 Å². The molecule has 0 aromatic heterocycles. The monoisotopic (exact) mass is 414 g/mol. The number of hydrogen-bond donors (Lipinski definition) is 1. The van der Waals surface area contributed by atoms with Gasteiger partial charge in [0.15, 0.2) is 0 Å². The summed E-state index contributed by atoms with van der Waals surface area (Å²) in [5.41, 5.74) is 2.03. The van der Waals surface area contributed by atoms with E-state index in [-0.39, 0.29) is 24.0 Å². The van der Waals surface area contributed by atoms with Crippen LogP contribution in [0.15, 0.2) is 24.3 Å². The summed E-state index contributed by atoms with van der Waals surface area (Å²) in [4.78, 5) is 27.1. The van der Waals surface area contributed by atoms with Crippen molar-refractivity contribution in [3.05, 3.63) is 35.4 Å². The quantitative estimate of drug-likeness (QED) is 0.777. The van der Waals surface area contributed by atoms with Crippen molar-refractivity contribution in [2.75, 3.05) is 13.1 Å². The minimum absolute atomic E-state index is 0.0432. The van der Waals surface area contributed by atoms with Gasteiger partial charge in [0.1, 0.15) is 0 Å². The number of morpholine rings is 1. The number of nitrogens with one attached hydrogen (secondary N) is 1. The van der Waals surface area contributed by atoms with Crippen LogP contribution in [-0.2, 0) is 16.1 Å². The van der Waals surface area contributed by atoms with Gasteiger partial charge in [-0.3, -0.25) is 9.59 Å². The Hall–Kier alpha value is -1.88. The molecular weight excluding hydrogens is 376 g/mol. The smallest absolute Gasteiger partial charge is 0.254 e. The Morgan fingerprint density at radius 2 is 1.70 bits per heavy atom. The summed E-state index contributed by atoms with van der Waals surface area (Å²) in [7, 11) is 0. The van der Waals surface area contributed by atoms with E-state index in [4.69, 9.17) is 4.74 Å². The standard InChI is InChI=1S/C25H38N2O3/c1-17-10-21(13-25(4,5)12-17)11-23(28)26-14-20-6-8-22(9-7-20)24(29)27-15-18(2)30-19(3)16-27/h6-9,17-19,21H,10-16H2,1-5H3,(H,26,28). The van der Waals surface area contributed by atoms with Crippen LogP contribution in [0.3, 0.4) is 0 Å². The Bertz CT molecular complexity index is 733.